The Morgan fingerprint density at radius 2 is 2.00 bits per heavy atom. The van der Waals surface area contributed by atoms with Crippen LogP contribution in [0.2, 0.25) is 0 Å². The zero-order valence-corrected chi connectivity index (χ0v) is 11.6. The Kier molecular flexibility index (Phi) is 4.28. The molecule has 0 aliphatic heterocycles. The van der Waals surface area contributed by atoms with E-state index in [1.807, 2.05) is 18.2 Å². The molecule has 0 amide bonds. The first-order valence-corrected chi connectivity index (χ1v) is 6.19. The second-order valence-corrected chi connectivity index (χ2v) is 5.76. The SMILES string of the molecule is CC(C)(C)c1ccc(C(=O)CCN)cc1Br. The van der Waals surface area contributed by atoms with Crippen LogP contribution in [0.5, 0.6) is 0 Å². The van der Waals surface area contributed by atoms with Gasteiger partial charge in [-0.05, 0) is 23.6 Å². The predicted molar refractivity (Wildman–Crippen MR) is 70.8 cm³/mol. The van der Waals surface area contributed by atoms with Gasteiger partial charge in [-0.25, -0.2) is 0 Å². The van der Waals surface area contributed by atoms with Crippen LogP contribution < -0.4 is 5.73 Å². The largest absolute Gasteiger partial charge is 0.330 e. The third kappa shape index (κ3) is 3.16. The van der Waals surface area contributed by atoms with Crippen molar-refractivity contribution in [1.29, 1.82) is 0 Å². The van der Waals surface area contributed by atoms with Gasteiger partial charge in [0.05, 0.1) is 0 Å². The van der Waals surface area contributed by atoms with E-state index >= 15 is 0 Å². The lowest BCUT2D eigenvalue weighted by Gasteiger charge is -2.21. The molecule has 0 fully saturated rings. The Labute approximate surface area is 105 Å². The summed E-state index contributed by atoms with van der Waals surface area (Å²) in [6.45, 7) is 6.84. The van der Waals surface area contributed by atoms with Crippen LogP contribution in [0.3, 0.4) is 0 Å². The fourth-order valence-corrected chi connectivity index (χ4v) is 2.55. The van der Waals surface area contributed by atoms with Crippen molar-refractivity contribution in [2.24, 2.45) is 5.73 Å². The lowest BCUT2D eigenvalue weighted by Crippen LogP contribution is -2.13. The highest BCUT2D eigenvalue weighted by molar-refractivity contribution is 9.10. The van der Waals surface area contributed by atoms with E-state index < -0.39 is 0 Å². The van der Waals surface area contributed by atoms with Crippen molar-refractivity contribution in [3.05, 3.63) is 33.8 Å². The molecule has 1 aromatic carbocycles. The lowest BCUT2D eigenvalue weighted by atomic mass is 9.86. The molecule has 88 valence electrons. The monoisotopic (exact) mass is 283 g/mol. The summed E-state index contributed by atoms with van der Waals surface area (Å²) in [5.41, 5.74) is 7.38. The molecule has 16 heavy (non-hydrogen) atoms. The van der Waals surface area contributed by atoms with Gasteiger partial charge in [0.25, 0.3) is 0 Å². The topological polar surface area (TPSA) is 43.1 Å². The molecule has 0 aromatic heterocycles. The normalized spacial score (nSPS) is 11.6. The van der Waals surface area contributed by atoms with Crippen LogP contribution in [0.25, 0.3) is 0 Å². The molecule has 0 radical (unpaired) electrons. The van der Waals surface area contributed by atoms with Gasteiger partial charge in [-0.15, -0.1) is 0 Å². The molecule has 3 heteroatoms. The zero-order chi connectivity index (χ0) is 12.3. The van der Waals surface area contributed by atoms with Gasteiger partial charge >= 0.3 is 0 Å². The summed E-state index contributed by atoms with van der Waals surface area (Å²) in [7, 11) is 0. The van der Waals surface area contributed by atoms with E-state index in [0.717, 1.165) is 10.0 Å². The Balaban J connectivity index is 3.05. The van der Waals surface area contributed by atoms with Crippen LogP contribution in [0.1, 0.15) is 43.1 Å². The summed E-state index contributed by atoms with van der Waals surface area (Å²) in [6, 6.07) is 5.77. The van der Waals surface area contributed by atoms with Crippen LogP contribution in [-0.4, -0.2) is 12.3 Å². The minimum atomic E-state index is 0.0777. The number of nitrogens with two attached hydrogens (primary N) is 1. The molecule has 0 saturated heterocycles. The second-order valence-electron chi connectivity index (χ2n) is 4.91. The molecular weight excluding hydrogens is 266 g/mol. The molecule has 0 spiro atoms. The number of rotatable bonds is 3. The number of hydrogen-bond donors (Lipinski definition) is 1. The van der Waals surface area contributed by atoms with Crippen LogP contribution in [0.4, 0.5) is 0 Å². The van der Waals surface area contributed by atoms with Gasteiger partial charge in [-0.2, -0.15) is 0 Å². The number of carbonyl (C=O) groups is 1. The molecule has 2 N–H and O–H groups in total. The molecule has 0 aliphatic carbocycles. The van der Waals surface area contributed by atoms with Crippen molar-refractivity contribution in [2.75, 3.05) is 6.54 Å². The van der Waals surface area contributed by atoms with Gasteiger partial charge in [0, 0.05) is 16.5 Å². The van der Waals surface area contributed by atoms with E-state index in [1.165, 1.54) is 5.56 Å². The highest BCUT2D eigenvalue weighted by Gasteiger charge is 2.18. The lowest BCUT2D eigenvalue weighted by molar-refractivity contribution is 0.0985. The maximum atomic E-state index is 11.7. The molecular formula is C13H18BrNO. The van der Waals surface area contributed by atoms with Gasteiger partial charge < -0.3 is 5.73 Å². The average molecular weight is 284 g/mol. The molecule has 0 aliphatic rings. The number of carbonyl (C=O) groups excluding carboxylic acids is 1. The van der Waals surface area contributed by atoms with Gasteiger partial charge in [-0.1, -0.05) is 48.8 Å². The summed E-state index contributed by atoms with van der Waals surface area (Å²) < 4.78 is 0.989. The molecule has 0 heterocycles. The fourth-order valence-electron chi connectivity index (χ4n) is 1.57. The van der Waals surface area contributed by atoms with Gasteiger partial charge in [0.15, 0.2) is 5.78 Å². The predicted octanol–water partition coefficient (Wildman–Crippen LogP) is 3.28. The molecule has 0 bridgehead atoms. The Morgan fingerprint density at radius 3 is 2.44 bits per heavy atom. The summed E-state index contributed by atoms with van der Waals surface area (Å²) >= 11 is 3.52. The molecule has 2 nitrogen and oxygen atoms in total. The van der Waals surface area contributed by atoms with Gasteiger partial charge in [0.2, 0.25) is 0 Å². The van der Waals surface area contributed by atoms with Crippen LogP contribution >= 0.6 is 15.9 Å². The van der Waals surface area contributed by atoms with Crippen molar-refractivity contribution in [3.63, 3.8) is 0 Å². The highest BCUT2D eigenvalue weighted by atomic mass is 79.9. The average Bonchev–Trinajstić information content (AvgIpc) is 2.16. The second kappa shape index (κ2) is 5.11. The minimum Gasteiger partial charge on any atom is -0.330 e. The van der Waals surface area contributed by atoms with Gasteiger partial charge in [-0.3, -0.25) is 4.79 Å². The summed E-state index contributed by atoms with van der Waals surface area (Å²) in [4.78, 5) is 11.7. The van der Waals surface area contributed by atoms with E-state index in [-0.39, 0.29) is 11.2 Å². The highest BCUT2D eigenvalue weighted by Crippen LogP contribution is 2.30. The van der Waals surface area contributed by atoms with Crippen LogP contribution in [-0.2, 0) is 5.41 Å². The van der Waals surface area contributed by atoms with E-state index in [4.69, 9.17) is 5.73 Å². The number of halogens is 1. The third-order valence-electron chi connectivity index (χ3n) is 2.47. The molecule has 0 saturated carbocycles. The maximum Gasteiger partial charge on any atom is 0.164 e. The standard InChI is InChI=1S/C13H18BrNO/c1-13(2,3)10-5-4-9(8-11(10)14)12(16)6-7-15/h4-5,8H,6-7,15H2,1-3H3. The van der Waals surface area contributed by atoms with Crippen molar-refractivity contribution in [3.8, 4) is 0 Å². The quantitative estimate of drug-likeness (QED) is 0.866. The molecule has 0 unspecified atom stereocenters. The van der Waals surface area contributed by atoms with Crippen molar-refractivity contribution in [1.82, 2.24) is 0 Å². The van der Waals surface area contributed by atoms with Crippen molar-refractivity contribution >= 4 is 21.7 Å². The smallest absolute Gasteiger partial charge is 0.164 e. The van der Waals surface area contributed by atoms with Crippen molar-refractivity contribution in [2.45, 2.75) is 32.6 Å². The molecule has 0 atom stereocenters. The number of Topliss-reactive ketones (excluding diaryl/α,β-unsaturated/α-hetero) is 1. The summed E-state index contributed by atoms with van der Waals surface area (Å²) in [5.74, 6) is 0.101. The summed E-state index contributed by atoms with van der Waals surface area (Å²) in [5, 5.41) is 0. The van der Waals surface area contributed by atoms with E-state index in [9.17, 15) is 4.79 Å². The Morgan fingerprint density at radius 1 is 1.38 bits per heavy atom. The van der Waals surface area contributed by atoms with Crippen LogP contribution in [0.15, 0.2) is 22.7 Å². The Hall–Kier alpha value is -0.670. The first-order valence-electron chi connectivity index (χ1n) is 5.39. The molecule has 1 aromatic rings. The van der Waals surface area contributed by atoms with E-state index in [2.05, 4.69) is 36.7 Å². The van der Waals surface area contributed by atoms with E-state index in [0.29, 0.717) is 13.0 Å². The van der Waals surface area contributed by atoms with Crippen LogP contribution in [0, 0.1) is 0 Å². The first-order chi connectivity index (χ1) is 7.36. The number of benzene rings is 1. The number of ketones is 1. The first kappa shape index (κ1) is 13.4. The number of hydrogen-bond acceptors (Lipinski definition) is 2. The van der Waals surface area contributed by atoms with Gasteiger partial charge in [0.1, 0.15) is 0 Å². The van der Waals surface area contributed by atoms with Crippen molar-refractivity contribution < 1.29 is 4.79 Å². The molecule has 1 rings (SSSR count). The minimum absolute atomic E-state index is 0.0777. The maximum absolute atomic E-state index is 11.7. The fraction of sp³-hybridized carbons (Fsp3) is 0.462. The van der Waals surface area contributed by atoms with E-state index in [1.54, 1.807) is 0 Å². The zero-order valence-electron chi connectivity index (χ0n) is 10.0. The third-order valence-corrected chi connectivity index (χ3v) is 3.13. The Bertz CT molecular complexity index is 393. The summed E-state index contributed by atoms with van der Waals surface area (Å²) in [6.07, 6.45) is 0.404.